The molecule has 4 rings (SSSR count). The molecule has 3 aromatic carbocycles. The molecular formula is C23H19Br2NO2. The van der Waals surface area contributed by atoms with Crippen LogP contribution in [0.15, 0.2) is 89.4 Å². The number of ether oxygens (including phenoxy) is 1. The maximum atomic E-state index is 12.0. The average Bonchev–Trinajstić information content (AvgIpc) is 3.17. The molecule has 1 N–H and O–H groups in total. The molecule has 0 unspecified atom stereocenters. The number of H-pyrrole nitrogens is 1. The normalized spacial score (nSPS) is 10.2. The Hall–Kier alpha value is -2.37. The summed E-state index contributed by atoms with van der Waals surface area (Å²) in [6.45, 7) is 0.277. The number of alkyl halides is 1. The van der Waals surface area contributed by atoms with Crippen molar-refractivity contribution in [2.45, 2.75) is 11.9 Å². The number of benzene rings is 3. The number of hydrogen-bond acceptors (Lipinski definition) is 2. The average molecular weight is 501 g/mol. The van der Waals surface area contributed by atoms with Crippen molar-refractivity contribution in [1.82, 2.24) is 4.98 Å². The van der Waals surface area contributed by atoms with E-state index < -0.39 is 0 Å². The Labute approximate surface area is 181 Å². The second-order valence-electron chi connectivity index (χ2n) is 6.10. The van der Waals surface area contributed by atoms with Crippen LogP contribution in [0.3, 0.4) is 0 Å². The predicted octanol–water partition coefficient (Wildman–Crippen LogP) is 6.87. The first-order valence-electron chi connectivity index (χ1n) is 8.75. The number of carbonyl (C=O) groups is 1. The Morgan fingerprint density at radius 1 is 0.857 bits per heavy atom. The minimum Gasteiger partial charge on any atom is -0.456 e. The lowest BCUT2D eigenvalue weighted by atomic mass is 10.2. The highest BCUT2D eigenvalue weighted by Crippen LogP contribution is 2.21. The third-order valence-electron chi connectivity index (χ3n) is 4.01. The molecule has 0 fully saturated rings. The van der Waals surface area contributed by atoms with Gasteiger partial charge in [0.2, 0.25) is 0 Å². The number of nitrogens with one attached hydrogen (secondary N) is 1. The number of aromatic amines is 1. The molecular weight excluding hydrogens is 482 g/mol. The van der Waals surface area contributed by atoms with Gasteiger partial charge in [0.1, 0.15) is 12.3 Å². The number of esters is 1. The van der Waals surface area contributed by atoms with Crippen LogP contribution < -0.4 is 0 Å². The molecule has 4 aromatic rings. The zero-order valence-electron chi connectivity index (χ0n) is 15.1. The predicted molar refractivity (Wildman–Crippen MR) is 121 cm³/mol. The van der Waals surface area contributed by atoms with E-state index in [2.05, 4.69) is 49.0 Å². The van der Waals surface area contributed by atoms with Crippen LogP contribution in [0.5, 0.6) is 0 Å². The Kier molecular flexibility index (Phi) is 7.46. The van der Waals surface area contributed by atoms with Gasteiger partial charge in [-0.2, -0.15) is 0 Å². The lowest BCUT2D eigenvalue weighted by Gasteiger charge is -2.02. The fourth-order valence-electron chi connectivity index (χ4n) is 2.58. The van der Waals surface area contributed by atoms with Gasteiger partial charge in [0.15, 0.2) is 0 Å². The van der Waals surface area contributed by atoms with Crippen LogP contribution in [0.2, 0.25) is 0 Å². The number of halogens is 2. The van der Waals surface area contributed by atoms with Gasteiger partial charge >= 0.3 is 5.97 Å². The second-order valence-corrected chi connectivity index (χ2v) is 7.57. The summed E-state index contributed by atoms with van der Waals surface area (Å²) in [6, 6.07) is 27.5. The minimum atomic E-state index is -0.346. The summed E-state index contributed by atoms with van der Waals surface area (Å²) in [4.78, 5) is 15.1. The van der Waals surface area contributed by atoms with Crippen LogP contribution in [-0.2, 0) is 16.7 Å². The van der Waals surface area contributed by atoms with E-state index in [-0.39, 0.29) is 12.6 Å². The SMILES string of the molecule is BrCc1ccccc1.O=C(OCc1ccccc1)c1cc2cc(Br)ccc2[nH]1. The van der Waals surface area contributed by atoms with Gasteiger partial charge in [-0.05, 0) is 35.4 Å². The van der Waals surface area contributed by atoms with Crippen LogP contribution in [0.4, 0.5) is 0 Å². The zero-order chi connectivity index (χ0) is 19.8. The number of aromatic nitrogens is 1. The van der Waals surface area contributed by atoms with Gasteiger partial charge in [-0.15, -0.1) is 0 Å². The van der Waals surface area contributed by atoms with Crippen molar-refractivity contribution in [3.05, 3.63) is 106 Å². The third-order valence-corrected chi connectivity index (χ3v) is 5.15. The third kappa shape index (κ3) is 5.81. The van der Waals surface area contributed by atoms with Crippen LogP contribution in [-0.4, -0.2) is 11.0 Å². The fourth-order valence-corrected chi connectivity index (χ4v) is 3.33. The topological polar surface area (TPSA) is 42.1 Å². The van der Waals surface area contributed by atoms with Crippen molar-refractivity contribution >= 4 is 48.7 Å². The molecule has 142 valence electrons. The van der Waals surface area contributed by atoms with Gasteiger partial charge in [-0.1, -0.05) is 92.5 Å². The molecule has 5 heteroatoms. The van der Waals surface area contributed by atoms with E-state index in [1.807, 2.05) is 66.7 Å². The second kappa shape index (κ2) is 10.2. The maximum Gasteiger partial charge on any atom is 0.355 e. The number of rotatable bonds is 4. The molecule has 1 aromatic heterocycles. The van der Waals surface area contributed by atoms with Crippen LogP contribution in [0, 0.1) is 0 Å². The molecule has 3 nitrogen and oxygen atoms in total. The van der Waals surface area contributed by atoms with E-state index in [9.17, 15) is 4.79 Å². The lowest BCUT2D eigenvalue weighted by molar-refractivity contribution is 0.0467. The molecule has 0 radical (unpaired) electrons. The van der Waals surface area contributed by atoms with Crippen molar-refractivity contribution in [2.75, 3.05) is 0 Å². The molecule has 0 amide bonds. The van der Waals surface area contributed by atoms with Crippen molar-refractivity contribution in [3.8, 4) is 0 Å². The Bertz CT molecular complexity index is 1030. The monoisotopic (exact) mass is 499 g/mol. The standard InChI is InChI=1S/C16H12BrNO2.C7H7Br/c17-13-6-7-14-12(8-13)9-15(18-14)16(19)20-10-11-4-2-1-3-5-11;8-6-7-4-2-1-3-5-7/h1-9,18H,10H2;1-5H,6H2. The van der Waals surface area contributed by atoms with Gasteiger partial charge in [-0.25, -0.2) is 4.79 Å². The van der Waals surface area contributed by atoms with E-state index in [4.69, 9.17) is 4.74 Å². The van der Waals surface area contributed by atoms with Gasteiger partial charge in [0, 0.05) is 20.7 Å². The van der Waals surface area contributed by atoms with Gasteiger partial charge in [0.25, 0.3) is 0 Å². The fraction of sp³-hybridized carbons (Fsp3) is 0.0870. The first-order chi connectivity index (χ1) is 13.7. The van der Waals surface area contributed by atoms with Crippen LogP contribution >= 0.6 is 31.9 Å². The van der Waals surface area contributed by atoms with Crippen LogP contribution in [0.25, 0.3) is 10.9 Å². The molecule has 0 saturated heterocycles. The summed E-state index contributed by atoms with van der Waals surface area (Å²) in [6.07, 6.45) is 0. The minimum absolute atomic E-state index is 0.277. The van der Waals surface area contributed by atoms with Crippen molar-refractivity contribution in [1.29, 1.82) is 0 Å². The van der Waals surface area contributed by atoms with Crippen molar-refractivity contribution < 1.29 is 9.53 Å². The highest BCUT2D eigenvalue weighted by molar-refractivity contribution is 9.10. The number of fused-ring (bicyclic) bond motifs is 1. The first kappa shape index (κ1) is 20.4. The Morgan fingerprint density at radius 2 is 1.50 bits per heavy atom. The lowest BCUT2D eigenvalue weighted by Crippen LogP contribution is -2.05. The molecule has 0 saturated carbocycles. The molecule has 0 atom stereocenters. The summed E-state index contributed by atoms with van der Waals surface area (Å²) in [7, 11) is 0. The van der Waals surface area contributed by atoms with E-state index >= 15 is 0 Å². The number of carbonyl (C=O) groups excluding carboxylic acids is 1. The van der Waals surface area contributed by atoms with Gasteiger partial charge in [0.05, 0.1) is 0 Å². The van der Waals surface area contributed by atoms with Crippen LogP contribution in [0.1, 0.15) is 21.6 Å². The summed E-state index contributed by atoms with van der Waals surface area (Å²) in [5, 5.41) is 1.93. The molecule has 0 bridgehead atoms. The summed E-state index contributed by atoms with van der Waals surface area (Å²) >= 11 is 6.77. The summed E-state index contributed by atoms with van der Waals surface area (Å²) in [5.41, 5.74) is 3.68. The maximum absolute atomic E-state index is 12.0. The molecule has 0 aliphatic rings. The summed E-state index contributed by atoms with van der Waals surface area (Å²) in [5.74, 6) is -0.346. The van der Waals surface area contributed by atoms with Gasteiger partial charge < -0.3 is 9.72 Å². The molecule has 1 heterocycles. The van der Waals surface area contributed by atoms with E-state index in [1.54, 1.807) is 6.07 Å². The Balaban J connectivity index is 0.000000236. The van der Waals surface area contributed by atoms with E-state index in [0.29, 0.717) is 5.69 Å². The van der Waals surface area contributed by atoms with Crippen molar-refractivity contribution in [3.63, 3.8) is 0 Å². The van der Waals surface area contributed by atoms with Gasteiger partial charge in [-0.3, -0.25) is 0 Å². The largest absolute Gasteiger partial charge is 0.456 e. The summed E-state index contributed by atoms with van der Waals surface area (Å²) < 4.78 is 6.27. The molecule has 0 spiro atoms. The highest BCUT2D eigenvalue weighted by atomic mass is 79.9. The van der Waals surface area contributed by atoms with E-state index in [1.165, 1.54) is 5.56 Å². The van der Waals surface area contributed by atoms with Crippen molar-refractivity contribution in [2.24, 2.45) is 0 Å². The number of hydrogen-bond donors (Lipinski definition) is 1. The Morgan fingerprint density at radius 3 is 2.11 bits per heavy atom. The first-order valence-corrected chi connectivity index (χ1v) is 10.7. The van der Waals surface area contributed by atoms with E-state index in [0.717, 1.165) is 26.3 Å². The zero-order valence-corrected chi connectivity index (χ0v) is 18.2. The highest BCUT2D eigenvalue weighted by Gasteiger charge is 2.11. The smallest absolute Gasteiger partial charge is 0.355 e. The quantitative estimate of drug-likeness (QED) is 0.245. The molecule has 0 aliphatic heterocycles. The molecule has 0 aliphatic carbocycles. The molecule has 28 heavy (non-hydrogen) atoms.